The van der Waals surface area contributed by atoms with Gasteiger partial charge in [-0.3, -0.25) is 9.59 Å². The number of carbonyl (C=O) groups excluding carboxylic acids is 2. The topological polar surface area (TPSA) is 52.6 Å². The van der Waals surface area contributed by atoms with Crippen molar-refractivity contribution in [1.82, 2.24) is 0 Å². The fourth-order valence-electron chi connectivity index (χ4n) is 6.18. The molecule has 0 N–H and O–H groups in total. The van der Waals surface area contributed by atoms with Crippen molar-refractivity contribution in [2.45, 2.75) is 239 Å². The van der Waals surface area contributed by atoms with Crippen molar-refractivity contribution in [3.8, 4) is 0 Å². The molecule has 0 bridgehead atoms. The van der Waals surface area contributed by atoms with Crippen LogP contribution in [0.25, 0.3) is 0 Å². The Morgan fingerprint density at radius 2 is 0.489 bits per heavy atom. The van der Waals surface area contributed by atoms with Crippen LogP contribution in [0.3, 0.4) is 0 Å². The number of hydrogen-bond acceptors (Lipinski definition) is 4. The van der Waals surface area contributed by atoms with Crippen LogP contribution >= 0.6 is 0 Å². The SMILES string of the molecule is CCCCCCCCCCCCC(=O)OCCCCCCCCCCCCCCCOC(=O)CCCCCCCCCCCC. The van der Waals surface area contributed by atoms with E-state index in [-0.39, 0.29) is 11.9 Å². The van der Waals surface area contributed by atoms with Gasteiger partial charge in [-0.15, -0.1) is 0 Å². The monoisotopic (exact) mass is 637 g/mol. The molecule has 0 aromatic heterocycles. The third-order valence-corrected chi connectivity index (χ3v) is 9.28. The van der Waals surface area contributed by atoms with Crippen molar-refractivity contribution < 1.29 is 19.1 Å². The van der Waals surface area contributed by atoms with Crippen molar-refractivity contribution in [2.75, 3.05) is 13.2 Å². The molecule has 0 radical (unpaired) electrons. The highest BCUT2D eigenvalue weighted by Crippen LogP contribution is 2.15. The molecule has 0 aromatic carbocycles. The average molecular weight is 637 g/mol. The van der Waals surface area contributed by atoms with Gasteiger partial charge in [0.25, 0.3) is 0 Å². The number of carbonyl (C=O) groups is 2. The molecule has 0 atom stereocenters. The highest BCUT2D eigenvalue weighted by atomic mass is 16.5. The first-order valence-electron chi connectivity index (χ1n) is 20.5. The van der Waals surface area contributed by atoms with Crippen LogP contribution < -0.4 is 0 Å². The lowest BCUT2D eigenvalue weighted by Gasteiger charge is -2.06. The van der Waals surface area contributed by atoms with Crippen molar-refractivity contribution in [1.29, 1.82) is 0 Å². The largest absolute Gasteiger partial charge is 0.466 e. The third kappa shape index (κ3) is 39.0. The van der Waals surface area contributed by atoms with Crippen LogP contribution in [0.1, 0.15) is 239 Å². The van der Waals surface area contributed by atoms with Crippen molar-refractivity contribution in [3.63, 3.8) is 0 Å². The summed E-state index contributed by atoms with van der Waals surface area (Å²) in [6.07, 6.45) is 43.4. The Bertz CT molecular complexity index is 540. The molecule has 4 nitrogen and oxygen atoms in total. The minimum Gasteiger partial charge on any atom is -0.466 e. The molecular weight excluding hydrogens is 556 g/mol. The van der Waals surface area contributed by atoms with Gasteiger partial charge in [0.15, 0.2) is 0 Å². The van der Waals surface area contributed by atoms with Crippen LogP contribution in [0.5, 0.6) is 0 Å². The second-order valence-corrected chi connectivity index (χ2v) is 13.9. The van der Waals surface area contributed by atoms with E-state index in [0.29, 0.717) is 26.1 Å². The molecule has 0 amide bonds. The van der Waals surface area contributed by atoms with E-state index in [0.717, 1.165) is 25.7 Å². The van der Waals surface area contributed by atoms with Crippen molar-refractivity contribution >= 4 is 11.9 Å². The van der Waals surface area contributed by atoms with E-state index in [1.807, 2.05) is 0 Å². The van der Waals surface area contributed by atoms with Crippen molar-refractivity contribution in [2.24, 2.45) is 0 Å². The van der Waals surface area contributed by atoms with E-state index in [1.165, 1.54) is 186 Å². The van der Waals surface area contributed by atoms with E-state index in [9.17, 15) is 9.59 Å². The fourth-order valence-corrected chi connectivity index (χ4v) is 6.18. The normalized spacial score (nSPS) is 11.2. The molecule has 268 valence electrons. The maximum Gasteiger partial charge on any atom is 0.305 e. The fraction of sp³-hybridized carbons (Fsp3) is 0.951. The molecule has 0 aliphatic heterocycles. The molecule has 0 spiro atoms. The quantitative estimate of drug-likeness (QED) is 0.0500. The summed E-state index contributed by atoms with van der Waals surface area (Å²) in [7, 11) is 0. The molecule has 0 saturated heterocycles. The predicted octanol–water partition coefficient (Wildman–Crippen LogP) is 13.8. The van der Waals surface area contributed by atoms with Crippen LogP contribution in [-0.2, 0) is 19.1 Å². The lowest BCUT2D eigenvalue weighted by molar-refractivity contribution is -0.144. The molecule has 0 rings (SSSR count). The molecular formula is C41H80O4. The summed E-state index contributed by atoms with van der Waals surface area (Å²) >= 11 is 0. The Kier molecular flexibility index (Phi) is 38.2. The summed E-state index contributed by atoms with van der Waals surface area (Å²) in [6, 6.07) is 0. The summed E-state index contributed by atoms with van der Waals surface area (Å²) in [6.45, 7) is 5.75. The smallest absolute Gasteiger partial charge is 0.305 e. The highest BCUT2D eigenvalue weighted by molar-refractivity contribution is 5.69. The summed E-state index contributed by atoms with van der Waals surface area (Å²) in [5.74, 6) is 0.0145. The third-order valence-electron chi connectivity index (χ3n) is 9.28. The number of unbranched alkanes of at least 4 members (excludes halogenated alkanes) is 30. The van der Waals surface area contributed by atoms with Gasteiger partial charge in [0.05, 0.1) is 13.2 Å². The summed E-state index contributed by atoms with van der Waals surface area (Å²) in [5, 5.41) is 0. The maximum absolute atomic E-state index is 11.9. The van der Waals surface area contributed by atoms with E-state index >= 15 is 0 Å². The van der Waals surface area contributed by atoms with Gasteiger partial charge in [-0.05, 0) is 25.7 Å². The van der Waals surface area contributed by atoms with Crippen LogP contribution in [-0.4, -0.2) is 25.2 Å². The summed E-state index contributed by atoms with van der Waals surface area (Å²) < 4.78 is 10.9. The van der Waals surface area contributed by atoms with Crippen molar-refractivity contribution in [3.05, 3.63) is 0 Å². The number of rotatable bonds is 38. The van der Waals surface area contributed by atoms with Gasteiger partial charge < -0.3 is 9.47 Å². The first-order chi connectivity index (χ1) is 22.2. The van der Waals surface area contributed by atoms with E-state index in [2.05, 4.69) is 13.8 Å². The second-order valence-electron chi connectivity index (χ2n) is 13.9. The number of hydrogen-bond donors (Lipinski definition) is 0. The molecule has 0 aromatic rings. The Balaban J connectivity index is 3.20. The zero-order valence-corrected chi connectivity index (χ0v) is 30.8. The van der Waals surface area contributed by atoms with Crippen LogP contribution in [0.15, 0.2) is 0 Å². The Morgan fingerprint density at radius 3 is 0.733 bits per heavy atom. The summed E-state index contributed by atoms with van der Waals surface area (Å²) in [4.78, 5) is 23.8. The minimum absolute atomic E-state index is 0.00723. The first kappa shape index (κ1) is 43.9. The first-order valence-corrected chi connectivity index (χ1v) is 20.5. The molecule has 4 heteroatoms. The average Bonchev–Trinajstić information content (AvgIpc) is 3.04. The Morgan fingerprint density at radius 1 is 0.289 bits per heavy atom. The van der Waals surface area contributed by atoms with Gasteiger partial charge in [0.2, 0.25) is 0 Å². The molecule has 0 unspecified atom stereocenters. The molecule has 0 heterocycles. The minimum atomic E-state index is 0.00723. The van der Waals surface area contributed by atoms with E-state index in [1.54, 1.807) is 0 Å². The van der Waals surface area contributed by atoms with E-state index < -0.39 is 0 Å². The molecule has 0 saturated carbocycles. The molecule has 45 heavy (non-hydrogen) atoms. The van der Waals surface area contributed by atoms with Crippen LogP contribution in [0, 0.1) is 0 Å². The Labute approximate surface area is 282 Å². The van der Waals surface area contributed by atoms with Gasteiger partial charge in [0.1, 0.15) is 0 Å². The van der Waals surface area contributed by atoms with Gasteiger partial charge in [-0.2, -0.15) is 0 Å². The van der Waals surface area contributed by atoms with Gasteiger partial charge in [-0.25, -0.2) is 0 Å². The standard InChI is InChI=1S/C41H80O4/c1-3-5-7-9-11-13-20-24-28-32-36-40(42)44-38-34-30-26-22-18-16-15-17-19-23-27-31-35-39-45-41(43)37-33-29-25-21-14-12-10-8-6-4-2/h3-39H2,1-2H3. The maximum atomic E-state index is 11.9. The summed E-state index contributed by atoms with van der Waals surface area (Å²) in [5.41, 5.74) is 0. The van der Waals surface area contributed by atoms with Crippen LogP contribution in [0.4, 0.5) is 0 Å². The number of esters is 2. The zero-order chi connectivity index (χ0) is 32.7. The lowest BCUT2D eigenvalue weighted by atomic mass is 10.0. The molecule has 0 aliphatic carbocycles. The Hall–Kier alpha value is -1.06. The zero-order valence-electron chi connectivity index (χ0n) is 30.8. The molecule has 0 fully saturated rings. The van der Waals surface area contributed by atoms with Gasteiger partial charge >= 0.3 is 11.9 Å². The van der Waals surface area contributed by atoms with Crippen LogP contribution in [0.2, 0.25) is 0 Å². The number of ether oxygens (including phenoxy) is 2. The van der Waals surface area contributed by atoms with Gasteiger partial charge in [-0.1, -0.05) is 200 Å². The molecule has 0 aliphatic rings. The highest BCUT2D eigenvalue weighted by Gasteiger charge is 2.04. The van der Waals surface area contributed by atoms with E-state index in [4.69, 9.17) is 9.47 Å². The van der Waals surface area contributed by atoms with Gasteiger partial charge in [0, 0.05) is 12.8 Å². The second kappa shape index (κ2) is 39.1. The predicted molar refractivity (Wildman–Crippen MR) is 195 cm³/mol. The lowest BCUT2D eigenvalue weighted by Crippen LogP contribution is -2.05.